The topological polar surface area (TPSA) is 55.6 Å². The van der Waals surface area contributed by atoms with Gasteiger partial charge in [-0.25, -0.2) is 0 Å². The Bertz CT molecular complexity index is 263. The molecule has 0 aromatic rings. The van der Waals surface area contributed by atoms with Crippen LogP contribution in [0.5, 0.6) is 0 Å². The van der Waals surface area contributed by atoms with Crippen molar-refractivity contribution in [1.29, 1.82) is 0 Å². The van der Waals surface area contributed by atoms with Crippen LogP contribution in [0.15, 0.2) is 0 Å². The van der Waals surface area contributed by atoms with E-state index in [-0.39, 0.29) is 24.4 Å². The molecule has 1 heterocycles. The van der Waals surface area contributed by atoms with Gasteiger partial charge in [0.25, 0.3) is 0 Å². The maximum absolute atomic E-state index is 12.3. The zero-order valence-corrected chi connectivity index (χ0v) is 11.2. The van der Waals surface area contributed by atoms with Gasteiger partial charge >= 0.3 is 0 Å². The van der Waals surface area contributed by atoms with Crippen LogP contribution in [0.3, 0.4) is 0 Å². The van der Waals surface area contributed by atoms with Gasteiger partial charge in [0, 0.05) is 26.1 Å². The van der Waals surface area contributed by atoms with Crippen LogP contribution in [0.4, 0.5) is 0 Å². The Balaban J connectivity index is 0.00000144. The SMILES string of the molecule is CO[C@@H]1CCN(C(=O)[C@@H]2CCC[C@@H]2CN)C1.Cl. The number of hydrogen-bond acceptors (Lipinski definition) is 3. The maximum Gasteiger partial charge on any atom is 0.226 e. The van der Waals surface area contributed by atoms with Gasteiger partial charge in [0.05, 0.1) is 6.10 Å². The molecular formula is C12H23ClN2O2. The van der Waals surface area contributed by atoms with Crippen molar-refractivity contribution in [3.63, 3.8) is 0 Å². The van der Waals surface area contributed by atoms with Crippen LogP contribution >= 0.6 is 12.4 Å². The number of likely N-dealkylation sites (tertiary alicyclic amines) is 1. The highest BCUT2D eigenvalue weighted by Crippen LogP contribution is 2.33. The highest BCUT2D eigenvalue weighted by atomic mass is 35.5. The molecule has 0 unspecified atom stereocenters. The van der Waals surface area contributed by atoms with E-state index in [0.717, 1.165) is 38.8 Å². The van der Waals surface area contributed by atoms with Crippen LogP contribution in [-0.4, -0.2) is 43.7 Å². The average Bonchev–Trinajstić information content (AvgIpc) is 2.96. The van der Waals surface area contributed by atoms with E-state index in [0.29, 0.717) is 18.4 Å². The number of halogens is 1. The third-order valence-corrected chi connectivity index (χ3v) is 4.07. The predicted octanol–water partition coefficient (Wildman–Crippen LogP) is 1.03. The second kappa shape index (κ2) is 6.57. The standard InChI is InChI=1S/C12H22N2O2.ClH/c1-16-10-5-6-14(8-10)12(15)11-4-2-3-9(11)7-13;/h9-11H,2-8,13H2,1H3;1H/t9-,10-,11-;/m1./s1. The zero-order valence-electron chi connectivity index (χ0n) is 10.4. The summed E-state index contributed by atoms with van der Waals surface area (Å²) in [7, 11) is 1.72. The van der Waals surface area contributed by atoms with E-state index in [9.17, 15) is 4.79 Å². The van der Waals surface area contributed by atoms with Gasteiger partial charge in [0.1, 0.15) is 0 Å². The largest absolute Gasteiger partial charge is 0.380 e. The molecule has 100 valence electrons. The van der Waals surface area contributed by atoms with Crippen LogP contribution < -0.4 is 5.73 Å². The first-order valence-electron chi connectivity index (χ1n) is 6.28. The number of nitrogens with zero attached hydrogens (tertiary/aromatic N) is 1. The van der Waals surface area contributed by atoms with Crippen LogP contribution in [-0.2, 0) is 9.53 Å². The predicted molar refractivity (Wildman–Crippen MR) is 69.1 cm³/mol. The third-order valence-electron chi connectivity index (χ3n) is 4.07. The van der Waals surface area contributed by atoms with Crippen molar-refractivity contribution in [1.82, 2.24) is 4.90 Å². The molecule has 5 heteroatoms. The molecule has 1 aliphatic heterocycles. The number of ether oxygens (including phenoxy) is 1. The Morgan fingerprint density at radius 2 is 2.18 bits per heavy atom. The second-order valence-corrected chi connectivity index (χ2v) is 4.96. The van der Waals surface area contributed by atoms with Crippen molar-refractivity contribution in [2.45, 2.75) is 31.8 Å². The first-order chi connectivity index (χ1) is 7.76. The van der Waals surface area contributed by atoms with Crippen molar-refractivity contribution in [3.8, 4) is 0 Å². The molecule has 2 aliphatic rings. The molecule has 0 spiro atoms. The van der Waals surface area contributed by atoms with Crippen molar-refractivity contribution in [2.75, 3.05) is 26.7 Å². The fourth-order valence-electron chi connectivity index (χ4n) is 3.00. The quantitative estimate of drug-likeness (QED) is 0.827. The molecule has 2 rings (SSSR count). The molecule has 1 saturated heterocycles. The molecule has 17 heavy (non-hydrogen) atoms. The van der Waals surface area contributed by atoms with Gasteiger partial charge in [-0.2, -0.15) is 0 Å². The van der Waals surface area contributed by atoms with E-state index in [1.165, 1.54) is 0 Å². The molecule has 1 aliphatic carbocycles. The lowest BCUT2D eigenvalue weighted by molar-refractivity contribution is -0.135. The average molecular weight is 263 g/mol. The first kappa shape index (κ1) is 14.7. The van der Waals surface area contributed by atoms with E-state index in [2.05, 4.69) is 0 Å². The summed E-state index contributed by atoms with van der Waals surface area (Å²) < 4.78 is 5.29. The van der Waals surface area contributed by atoms with E-state index in [1.54, 1.807) is 7.11 Å². The molecule has 0 aromatic carbocycles. The van der Waals surface area contributed by atoms with E-state index in [4.69, 9.17) is 10.5 Å². The summed E-state index contributed by atoms with van der Waals surface area (Å²) in [5, 5.41) is 0. The highest BCUT2D eigenvalue weighted by Gasteiger charge is 2.37. The fraction of sp³-hybridized carbons (Fsp3) is 0.917. The Labute approximate surface area is 109 Å². The van der Waals surface area contributed by atoms with Crippen LogP contribution in [0, 0.1) is 11.8 Å². The lowest BCUT2D eigenvalue weighted by Crippen LogP contribution is -2.38. The number of carbonyl (C=O) groups is 1. The Morgan fingerprint density at radius 1 is 1.41 bits per heavy atom. The summed E-state index contributed by atoms with van der Waals surface area (Å²) >= 11 is 0. The number of amides is 1. The summed E-state index contributed by atoms with van der Waals surface area (Å²) in [5.41, 5.74) is 5.72. The van der Waals surface area contributed by atoms with Gasteiger partial charge < -0.3 is 15.4 Å². The van der Waals surface area contributed by atoms with Crippen LogP contribution in [0.1, 0.15) is 25.7 Å². The maximum atomic E-state index is 12.3. The molecule has 1 saturated carbocycles. The highest BCUT2D eigenvalue weighted by molar-refractivity contribution is 5.85. The van der Waals surface area contributed by atoms with Crippen LogP contribution in [0.2, 0.25) is 0 Å². The Kier molecular flexibility index (Phi) is 5.70. The van der Waals surface area contributed by atoms with Gasteiger partial charge in [-0.15, -0.1) is 12.4 Å². The van der Waals surface area contributed by atoms with E-state index >= 15 is 0 Å². The lowest BCUT2D eigenvalue weighted by Gasteiger charge is -2.24. The summed E-state index contributed by atoms with van der Waals surface area (Å²) in [5.74, 6) is 0.905. The Morgan fingerprint density at radius 3 is 2.76 bits per heavy atom. The summed E-state index contributed by atoms with van der Waals surface area (Å²) in [6.07, 6.45) is 4.51. The zero-order chi connectivity index (χ0) is 11.5. The van der Waals surface area contributed by atoms with Gasteiger partial charge in [0.15, 0.2) is 0 Å². The molecule has 2 fully saturated rings. The minimum Gasteiger partial charge on any atom is -0.380 e. The van der Waals surface area contributed by atoms with Gasteiger partial charge in [-0.05, 0) is 31.7 Å². The third kappa shape index (κ3) is 3.12. The number of nitrogens with two attached hydrogens (primary N) is 1. The van der Waals surface area contributed by atoms with Crippen molar-refractivity contribution < 1.29 is 9.53 Å². The summed E-state index contributed by atoms with van der Waals surface area (Å²) in [6, 6.07) is 0. The second-order valence-electron chi connectivity index (χ2n) is 4.96. The molecule has 0 radical (unpaired) electrons. The minimum atomic E-state index is 0. The molecule has 3 atom stereocenters. The van der Waals surface area contributed by atoms with Gasteiger partial charge in [-0.1, -0.05) is 6.42 Å². The van der Waals surface area contributed by atoms with Gasteiger partial charge in [-0.3, -0.25) is 4.79 Å². The van der Waals surface area contributed by atoms with Gasteiger partial charge in [0.2, 0.25) is 5.91 Å². The normalized spacial score (nSPS) is 32.6. The van der Waals surface area contributed by atoms with E-state index < -0.39 is 0 Å². The first-order valence-corrected chi connectivity index (χ1v) is 6.28. The van der Waals surface area contributed by atoms with Crippen molar-refractivity contribution >= 4 is 18.3 Å². The van der Waals surface area contributed by atoms with Crippen molar-refractivity contribution in [3.05, 3.63) is 0 Å². The smallest absolute Gasteiger partial charge is 0.226 e. The van der Waals surface area contributed by atoms with Crippen molar-refractivity contribution in [2.24, 2.45) is 17.6 Å². The minimum absolute atomic E-state index is 0. The molecule has 0 bridgehead atoms. The number of hydrogen-bond donors (Lipinski definition) is 1. The molecule has 0 aromatic heterocycles. The summed E-state index contributed by atoms with van der Waals surface area (Å²) in [6.45, 7) is 2.27. The fourth-order valence-corrected chi connectivity index (χ4v) is 3.00. The van der Waals surface area contributed by atoms with E-state index in [1.807, 2.05) is 4.90 Å². The number of carbonyl (C=O) groups excluding carboxylic acids is 1. The number of rotatable bonds is 3. The number of methoxy groups -OCH3 is 1. The lowest BCUT2D eigenvalue weighted by atomic mass is 9.95. The van der Waals surface area contributed by atoms with Crippen LogP contribution in [0.25, 0.3) is 0 Å². The summed E-state index contributed by atoms with van der Waals surface area (Å²) in [4.78, 5) is 14.3. The molecule has 2 N–H and O–H groups in total. The Hall–Kier alpha value is -0.320. The molecule has 1 amide bonds. The monoisotopic (exact) mass is 262 g/mol. The molecular weight excluding hydrogens is 240 g/mol. The molecule has 4 nitrogen and oxygen atoms in total.